The van der Waals surface area contributed by atoms with Crippen molar-refractivity contribution >= 4 is 23.9 Å². The van der Waals surface area contributed by atoms with Gasteiger partial charge in [-0.15, -0.1) is 0 Å². The van der Waals surface area contributed by atoms with Crippen LogP contribution in [-0.2, 0) is 11.3 Å². The van der Waals surface area contributed by atoms with Crippen LogP contribution < -0.4 is 10.8 Å². The van der Waals surface area contributed by atoms with Gasteiger partial charge in [0.2, 0.25) is 0 Å². The maximum absolute atomic E-state index is 12.5. The molecule has 0 radical (unpaired) electrons. The standard InChI is InChI=1S/C21H23N3O5/c25-14-4-13-24(21(28)22-20(27)18-5-2-1-3-6-18)15-17-9-7-16(8-10-17)11-12-19(26)23-29/h1-3,5-12,25,29H,4,13-15H2,(H,23,26)(H,22,27,28)/b12-11+. The fraction of sp³-hybridized carbons (Fsp3) is 0.190. The molecule has 0 heterocycles. The highest BCUT2D eigenvalue weighted by molar-refractivity contribution is 6.04. The van der Waals surface area contributed by atoms with Gasteiger partial charge < -0.3 is 10.0 Å². The van der Waals surface area contributed by atoms with Crippen molar-refractivity contribution in [3.05, 3.63) is 77.4 Å². The van der Waals surface area contributed by atoms with Crippen molar-refractivity contribution < 1.29 is 24.7 Å². The second-order valence-corrected chi connectivity index (χ2v) is 6.17. The van der Waals surface area contributed by atoms with E-state index >= 15 is 0 Å². The second-order valence-electron chi connectivity index (χ2n) is 6.17. The summed E-state index contributed by atoms with van der Waals surface area (Å²) in [5.74, 6) is -1.13. The van der Waals surface area contributed by atoms with Crippen molar-refractivity contribution in [2.24, 2.45) is 0 Å². The number of urea groups is 1. The molecule has 152 valence electrons. The predicted octanol–water partition coefficient (Wildman–Crippen LogP) is 1.94. The monoisotopic (exact) mass is 397 g/mol. The first kappa shape index (κ1) is 21.8. The van der Waals surface area contributed by atoms with Crippen molar-refractivity contribution in [3.8, 4) is 0 Å². The van der Waals surface area contributed by atoms with Crippen LogP contribution >= 0.6 is 0 Å². The first-order chi connectivity index (χ1) is 14.0. The molecule has 4 N–H and O–H groups in total. The van der Waals surface area contributed by atoms with Crippen molar-refractivity contribution in [2.75, 3.05) is 13.2 Å². The molecule has 8 heteroatoms. The van der Waals surface area contributed by atoms with Crippen molar-refractivity contribution in [1.82, 2.24) is 15.7 Å². The summed E-state index contributed by atoms with van der Waals surface area (Å²) in [6, 6.07) is 15.0. The van der Waals surface area contributed by atoms with E-state index in [1.807, 2.05) is 0 Å². The first-order valence-electron chi connectivity index (χ1n) is 9.00. The van der Waals surface area contributed by atoms with Crippen LogP contribution in [0.4, 0.5) is 4.79 Å². The molecule has 8 nitrogen and oxygen atoms in total. The summed E-state index contributed by atoms with van der Waals surface area (Å²) in [7, 11) is 0. The Hall–Kier alpha value is -3.49. The van der Waals surface area contributed by atoms with Gasteiger partial charge in [-0.1, -0.05) is 42.5 Å². The normalized spacial score (nSPS) is 10.6. The Kier molecular flexibility index (Phi) is 8.55. The van der Waals surface area contributed by atoms with Gasteiger partial charge in [0.05, 0.1) is 0 Å². The Morgan fingerprint density at radius 3 is 2.31 bits per heavy atom. The lowest BCUT2D eigenvalue weighted by molar-refractivity contribution is -0.124. The molecule has 0 saturated heterocycles. The Labute approximate surface area is 168 Å². The van der Waals surface area contributed by atoms with Crippen LogP contribution in [0.1, 0.15) is 27.9 Å². The van der Waals surface area contributed by atoms with Crippen LogP contribution in [0.15, 0.2) is 60.7 Å². The molecule has 0 spiro atoms. The Bertz CT molecular complexity index is 850. The molecular weight excluding hydrogens is 374 g/mol. The molecule has 0 aliphatic heterocycles. The van der Waals surface area contributed by atoms with Gasteiger partial charge in [-0.25, -0.2) is 10.3 Å². The highest BCUT2D eigenvalue weighted by Gasteiger charge is 2.17. The maximum Gasteiger partial charge on any atom is 0.324 e. The summed E-state index contributed by atoms with van der Waals surface area (Å²) in [4.78, 5) is 37.2. The van der Waals surface area contributed by atoms with Crippen LogP contribution in [0.2, 0.25) is 0 Å². The number of aliphatic hydroxyl groups excluding tert-OH is 1. The van der Waals surface area contributed by atoms with Crippen LogP contribution in [-0.4, -0.2) is 46.2 Å². The molecule has 2 rings (SSSR count). The average molecular weight is 397 g/mol. The number of carbonyl (C=O) groups is 3. The number of benzene rings is 2. The third-order valence-electron chi connectivity index (χ3n) is 4.02. The third kappa shape index (κ3) is 7.21. The zero-order valence-corrected chi connectivity index (χ0v) is 15.7. The third-order valence-corrected chi connectivity index (χ3v) is 4.02. The van der Waals surface area contributed by atoms with Gasteiger partial charge in [0.15, 0.2) is 0 Å². The summed E-state index contributed by atoms with van der Waals surface area (Å²) >= 11 is 0. The van der Waals surface area contributed by atoms with E-state index < -0.39 is 17.8 Å². The van der Waals surface area contributed by atoms with Gasteiger partial charge in [0.25, 0.3) is 11.8 Å². The van der Waals surface area contributed by atoms with E-state index in [9.17, 15) is 14.4 Å². The smallest absolute Gasteiger partial charge is 0.324 e. The number of imide groups is 1. The molecule has 29 heavy (non-hydrogen) atoms. The van der Waals surface area contributed by atoms with Gasteiger partial charge in [-0.3, -0.25) is 20.1 Å². The molecule has 2 aromatic carbocycles. The highest BCUT2D eigenvalue weighted by Crippen LogP contribution is 2.10. The summed E-state index contributed by atoms with van der Waals surface area (Å²) in [5.41, 5.74) is 3.44. The van der Waals surface area contributed by atoms with Crippen LogP contribution in [0.3, 0.4) is 0 Å². The molecule has 0 aromatic heterocycles. The lowest BCUT2D eigenvalue weighted by atomic mass is 10.1. The van der Waals surface area contributed by atoms with E-state index in [1.165, 1.54) is 22.5 Å². The van der Waals surface area contributed by atoms with Gasteiger partial charge in [-0.2, -0.15) is 0 Å². The van der Waals surface area contributed by atoms with E-state index in [0.717, 1.165) is 11.1 Å². The summed E-state index contributed by atoms with van der Waals surface area (Å²) in [6.45, 7) is 0.449. The lowest BCUT2D eigenvalue weighted by Gasteiger charge is -2.22. The summed E-state index contributed by atoms with van der Waals surface area (Å²) < 4.78 is 0. The van der Waals surface area contributed by atoms with E-state index in [2.05, 4.69) is 5.32 Å². The lowest BCUT2D eigenvalue weighted by Crippen LogP contribution is -2.43. The molecule has 0 aliphatic carbocycles. The Morgan fingerprint density at radius 2 is 1.69 bits per heavy atom. The SMILES string of the molecule is O=C(/C=C/c1ccc(CN(CCCO)C(=O)NC(=O)c2ccccc2)cc1)NO. The Morgan fingerprint density at radius 1 is 1.00 bits per heavy atom. The zero-order chi connectivity index (χ0) is 21.1. The second kappa shape index (κ2) is 11.4. The molecule has 0 saturated carbocycles. The minimum atomic E-state index is -0.635. The van der Waals surface area contributed by atoms with E-state index in [4.69, 9.17) is 10.3 Å². The number of nitrogens with one attached hydrogen (secondary N) is 2. The summed E-state index contributed by atoms with van der Waals surface area (Å²) in [6.07, 6.45) is 3.10. The number of amides is 4. The van der Waals surface area contributed by atoms with E-state index in [0.29, 0.717) is 12.0 Å². The van der Waals surface area contributed by atoms with Gasteiger partial charge in [-0.05, 0) is 35.8 Å². The zero-order valence-electron chi connectivity index (χ0n) is 15.7. The van der Waals surface area contributed by atoms with Crippen LogP contribution in [0.25, 0.3) is 6.08 Å². The van der Waals surface area contributed by atoms with Crippen molar-refractivity contribution in [2.45, 2.75) is 13.0 Å². The largest absolute Gasteiger partial charge is 0.396 e. The molecule has 0 aliphatic rings. The van der Waals surface area contributed by atoms with Gasteiger partial charge in [0, 0.05) is 31.3 Å². The highest BCUT2D eigenvalue weighted by atomic mass is 16.5. The number of hydroxylamine groups is 1. The fourth-order valence-electron chi connectivity index (χ4n) is 2.52. The number of hydrogen-bond acceptors (Lipinski definition) is 5. The molecule has 0 bridgehead atoms. The predicted molar refractivity (Wildman–Crippen MR) is 107 cm³/mol. The van der Waals surface area contributed by atoms with E-state index in [1.54, 1.807) is 54.6 Å². The fourth-order valence-corrected chi connectivity index (χ4v) is 2.52. The van der Waals surface area contributed by atoms with Crippen molar-refractivity contribution in [1.29, 1.82) is 0 Å². The molecule has 0 atom stereocenters. The molecule has 2 aromatic rings. The quantitative estimate of drug-likeness (QED) is 0.308. The number of aliphatic hydroxyl groups is 1. The van der Waals surface area contributed by atoms with Crippen LogP contribution in [0, 0.1) is 0 Å². The topological polar surface area (TPSA) is 119 Å². The molecule has 0 fully saturated rings. The summed E-state index contributed by atoms with van der Waals surface area (Å²) in [5, 5.41) is 19.9. The van der Waals surface area contributed by atoms with Crippen LogP contribution in [0.5, 0.6) is 0 Å². The van der Waals surface area contributed by atoms with Gasteiger partial charge in [0.1, 0.15) is 0 Å². The molecular formula is C21H23N3O5. The maximum atomic E-state index is 12.5. The average Bonchev–Trinajstić information content (AvgIpc) is 2.76. The minimum Gasteiger partial charge on any atom is -0.396 e. The van der Waals surface area contributed by atoms with Gasteiger partial charge >= 0.3 is 6.03 Å². The molecule has 0 unspecified atom stereocenters. The first-order valence-corrected chi connectivity index (χ1v) is 9.00. The van der Waals surface area contributed by atoms with E-state index in [-0.39, 0.29) is 19.7 Å². The number of carbonyl (C=O) groups excluding carboxylic acids is 3. The Balaban J connectivity index is 2.03. The number of rotatable bonds is 8. The molecule has 4 amide bonds. The number of hydrogen-bond donors (Lipinski definition) is 4. The number of nitrogens with zero attached hydrogens (tertiary/aromatic N) is 1. The van der Waals surface area contributed by atoms with Crippen molar-refractivity contribution in [3.63, 3.8) is 0 Å². The minimum absolute atomic E-state index is 0.0763.